The lowest BCUT2D eigenvalue weighted by atomic mass is 9.96. The Morgan fingerprint density at radius 2 is 2.06 bits per heavy atom. The van der Waals surface area contributed by atoms with Crippen molar-refractivity contribution in [1.29, 1.82) is 0 Å². The van der Waals surface area contributed by atoms with Gasteiger partial charge in [0, 0.05) is 11.1 Å². The van der Waals surface area contributed by atoms with Crippen LogP contribution in [0.2, 0.25) is 5.02 Å². The van der Waals surface area contributed by atoms with Gasteiger partial charge in [0.15, 0.2) is 0 Å². The quantitative estimate of drug-likeness (QED) is 0.810. The van der Waals surface area contributed by atoms with Crippen LogP contribution in [0.4, 0.5) is 0 Å². The van der Waals surface area contributed by atoms with Crippen molar-refractivity contribution < 1.29 is 4.74 Å². The van der Waals surface area contributed by atoms with E-state index < -0.39 is 0 Å². The third-order valence-corrected chi connectivity index (χ3v) is 3.19. The highest BCUT2D eigenvalue weighted by atomic mass is 35.5. The fraction of sp³-hybridized carbons (Fsp3) is 0.600. The zero-order valence-electron chi connectivity index (χ0n) is 11.8. The third kappa shape index (κ3) is 4.87. The van der Waals surface area contributed by atoms with E-state index in [4.69, 9.17) is 16.3 Å². The maximum atomic E-state index is 6.06. The molecule has 0 spiro atoms. The van der Waals surface area contributed by atoms with E-state index in [0.29, 0.717) is 12.0 Å². The molecule has 1 rings (SSSR count). The molecule has 102 valence electrons. The van der Waals surface area contributed by atoms with Gasteiger partial charge in [0.05, 0.1) is 7.11 Å². The number of hydrogen-bond acceptors (Lipinski definition) is 2. The van der Waals surface area contributed by atoms with Gasteiger partial charge in [-0.05, 0) is 49.1 Å². The molecule has 0 fully saturated rings. The highest BCUT2D eigenvalue weighted by molar-refractivity contribution is 6.30. The van der Waals surface area contributed by atoms with Crippen molar-refractivity contribution in [2.45, 2.75) is 39.7 Å². The topological polar surface area (TPSA) is 21.3 Å². The van der Waals surface area contributed by atoms with Gasteiger partial charge in [-0.1, -0.05) is 32.4 Å². The normalized spacial score (nSPS) is 12.8. The van der Waals surface area contributed by atoms with Crippen LogP contribution in [0.5, 0.6) is 5.75 Å². The first kappa shape index (κ1) is 15.3. The van der Waals surface area contributed by atoms with E-state index in [0.717, 1.165) is 30.2 Å². The number of nitrogens with one attached hydrogen (secondary N) is 1. The van der Waals surface area contributed by atoms with Gasteiger partial charge in [-0.15, -0.1) is 0 Å². The Kier molecular flexibility index (Phi) is 6.51. The summed E-state index contributed by atoms with van der Waals surface area (Å²) in [5, 5.41) is 4.30. The number of ether oxygens (including phenoxy) is 1. The van der Waals surface area contributed by atoms with E-state index in [1.165, 1.54) is 5.56 Å². The first-order valence-corrected chi connectivity index (χ1v) is 7.00. The van der Waals surface area contributed by atoms with Crippen molar-refractivity contribution in [3.63, 3.8) is 0 Å². The van der Waals surface area contributed by atoms with Gasteiger partial charge in [0.1, 0.15) is 5.75 Å². The maximum absolute atomic E-state index is 6.06. The lowest BCUT2D eigenvalue weighted by molar-refractivity contribution is 0.393. The molecule has 2 nitrogen and oxygen atoms in total. The molecule has 1 aromatic rings. The summed E-state index contributed by atoms with van der Waals surface area (Å²) in [5.41, 5.74) is 1.18. The summed E-state index contributed by atoms with van der Waals surface area (Å²) < 4.78 is 5.40. The fourth-order valence-electron chi connectivity index (χ4n) is 2.27. The monoisotopic (exact) mass is 269 g/mol. The van der Waals surface area contributed by atoms with Gasteiger partial charge in [-0.2, -0.15) is 0 Å². The molecule has 3 heteroatoms. The van der Waals surface area contributed by atoms with Crippen LogP contribution in [-0.4, -0.2) is 19.7 Å². The molecule has 0 aliphatic heterocycles. The minimum atomic E-state index is 0.474. The zero-order valence-corrected chi connectivity index (χ0v) is 12.6. The van der Waals surface area contributed by atoms with Crippen molar-refractivity contribution in [3.8, 4) is 5.75 Å². The zero-order chi connectivity index (χ0) is 13.5. The summed E-state index contributed by atoms with van der Waals surface area (Å²) >= 11 is 6.06. The van der Waals surface area contributed by atoms with Gasteiger partial charge in [0.25, 0.3) is 0 Å². The predicted octanol–water partition coefficient (Wildman–Crippen LogP) is 3.92. The first-order chi connectivity index (χ1) is 8.56. The molecule has 1 aromatic carbocycles. The van der Waals surface area contributed by atoms with Crippen molar-refractivity contribution in [3.05, 3.63) is 28.8 Å². The number of likely N-dealkylation sites (N-methyl/N-ethyl adjacent to an activating group) is 1. The van der Waals surface area contributed by atoms with Crippen LogP contribution in [0.3, 0.4) is 0 Å². The van der Waals surface area contributed by atoms with Crippen LogP contribution in [0.15, 0.2) is 18.2 Å². The van der Waals surface area contributed by atoms with E-state index in [-0.39, 0.29) is 0 Å². The van der Waals surface area contributed by atoms with E-state index in [1.807, 2.05) is 18.2 Å². The Bertz CT molecular complexity index is 366. The second-order valence-electron chi connectivity index (χ2n) is 5.04. The molecule has 1 atom stereocenters. The van der Waals surface area contributed by atoms with Crippen molar-refractivity contribution in [2.75, 3.05) is 13.7 Å². The standard InChI is InChI=1S/C15H24ClNO/c1-5-17-14(8-11(2)3)10-12-9-13(16)6-7-15(12)18-4/h6-7,9,11,14,17H,5,8,10H2,1-4H3. The second kappa shape index (κ2) is 7.65. The number of halogens is 1. The summed E-state index contributed by atoms with van der Waals surface area (Å²) in [6.07, 6.45) is 2.11. The highest BCUT2D eigenvalue weighted by Crippen LogP contribution is 2.25. The molecular formula is C15H24ClNO. The van der Waals surface area contributed by atoms with Gasteiger partial charge in [-0.3, -0.25) is 0 Å². The van der Waals surface area contributed by atoms with Gasteiger partial charge >= 0.3 is 0 Å². The number of benzene rings is 1. The average Bonchev–Trinajstić information content (AvgIpc) is 2.28. The lowest BCUT2D eigenvalue weighted by Gasteiger charge is -2.21. The Morgan fingerprint density at radius 3 is 2.61 bits per heavy atom. The molecule has 1 N–H and O–H groups in total. The molecule has 0 aliphatic rings. The molecule has 0 heterocycles. The molecular weight excluding hydrogens is 246 g/mol. The SMILES string of the molecule is CCNC(Cc1cc(Cl)ccc1OC)CC(C)C. The molecule has 0 radical (unpaired) electrons. The summed E-state index contributed by atoms with van der Waals surface area (Å²) in [6, 6.07) is 6.29. The van der Waals surface area contributed by atoms with Crippen LogP contribution in [0.25, 0.3) is 0 Å². The van der Waals surface area contributed by atoms with Crippen molar-refractivity contribution >= 4 is 11.6 Å². The lowest BCUT2D eigenvalue weighted by Crippen LogP contribution is -2.32. The summed E-state index contributed by atoms with van der Waals surface area (Å²) in [7, 11) is 1.71. The van der Waals surface area contributed by atoms with E-state index in [1.54, 1.807) is 7.11 Å². The fourth-order valence-corrected chi connectivity index (χ4v) is 2.46. The largest absolute Gasteiger partial charge is 0.496 e. The smallest absolute Gasteiger partial charge is 0.122 e. The molecule has 18 heavy (non-hydrogen) atoms. The molecule has 0 aliphatic carbocycles. The highest BCUT2D eigenvalue weighted by Gasteiger charge is 2.13. The number of methoxy groups -OCH3 is 1. The number of rotatable bonds is 7. The minimum Gasteiger partial charge on any atom is -0.496 e. The van der Waals surface area contributed by atoms with Crippen LogP contribution in [-0.2, 0) is 6.42 Å². The average molecular weight is 270 g/mol. The van der Waals surface area contributed by atoms with Crippen molar-refractivity contribution in [2.24, 2.45) is 5.92 Å². The maximum Gasteiger partial charge on any atom is 0.122 e. The third-order valence-electron chi connectivity index (χ3n) is 2.96. The molecule has 1 unspecified atom stereocenters. The van der Waals surface area contributed by atoms with E-state index in [2.05, 4.69) is 26.1 Å². The Morgan fingerprint density at radius 1 is 1.33 bits per heavy atom. The Hall–Kier alpha value is -0.730. The second-order valence-corrected chi connectivity index (χ2v) is 5.48. The summed E-state index contributed by atoms with van der Waals surface area (Å²) in [6.45, 7) is 7.63. The molecule has 0 saturated carbocycles. The molecule has 0 amide bonds. The minimum absolute atomic E-state index is 0.474. The molecule has 0 saturated heterocycles. The van der Waals surface area contributed by atoms with E-state index in [9.17, 15) is 0 Å². The van der Waals surface area contributed by atoms with Crippen molar-refractivity contribution in [1.82, 2.24) is 5.32 Å². The van der Waals surface area contributed by atoms with Gasteiger partial charge < -0.3 is 10.1 Å². The van der Waals surface area contributed by atoms with Gasteiger partial charge in [0.2, 0.25) is 0 Å². The predicted molar refractivity (Wildman–Crippen MR) is 78.6 cm³/mol. The molecule has 0 bridgehead atoms. The van der Waals surface area contributed by atoms with Crippen LogP contribution < -0.4 is 10.1 Å². The van der Waals surface area contributed by atoms with E-state index >= 15 is 0 Å². The Labute approximate surface area is 116 Å². The number of hydrogen-bond donors (Lipinski definition) is 1. The summed E-state index contributed by atoms with van der Waals surface area (Å²) in [4.78, 5) is 0. The van der Waals surface area contributed by atoms with Crippen LogP contribution in [0, 0.1) is 5.92 Å². The summed E-state index contributed by atoms with van der Waals surface area (Å²) in [5.74, 6) is 1.60. The van der Waals surface area contributed by atoms with Gasteiger partial charge in [-0.25, -0.2) is 0 Å². The van der Waals surface area contributed by atoms with Crippen LogP contribution in [0.1, 0.15) is 32.8 Å². The molecule has 0 aromatic heterocycles. The first-order valence-electron chi connectivity index (χ1n) is 6.62. The van der Waals surface area contributed by atoms with Crippen LogP contribution >= 0.6 is 11.6 Å². The Balaban J connectivity index is 2.81.